The Labute approximate surface area is 162 Å². The third-order valence-corrected chi connectivity index (χ3v) is 5.94. The van der Waals surface area contributed by atoms with Crippen molar-refractivity contribution in [1.29, 1.82) is 0 Å². The lowest BCUT2D eigenvalue weighted by Gasteiger charge is -2.22. The van der Waals surface area contributed by atoms with Crippen LogP contribution in [0.15, 0.2) is 18.2 Å². The Morgan fingerprint density at radius 1 is 1.00 bits per heavy atom. The van der Waals surface area contributed by atoms with Gasteiger partial charge >= 0.3 is 0 Å². The number of amides is 3. The van der Waals surface area contributed by atoms with Gasteiger partial charge in [0.25, 0.3) is 0 Å². The summed E-state index contributed by atoms with van der Waals surface area (Å²) in [7, 11) is 0. The van der Waals surface area contributed by atoms with Crippen LogP contribution in [0, 0.1) is 23.5 Å². The number of nitrogens with zero attached hydrogens (tertiary/aromatic N) is 3. The lowest BCUT2D eigenvalue weighted by Crippen LogP contribution is -2.38. The SMILES string of the molecule is O=C1CCCN1CCCN1C(=O)[C@H]2CN(Cc3cc(F)ccc3F)C[C@H]2C1=O. The Bertz CT molecular complexity index is 792. The smallest absolute Gasteiger partial charge is 0.234 e. The second-order valence-electron chi connectivity index (χ2n) is 7.81. The second-order valence-corrected chi connectivity index (χ2v) is 7.81. The van der Waals surface area contributed by atoms with Crippen molar-refractivity contribution in [1.82, 2.24) is 14.7 Å². The average molecular weight is 391 g/mol. The molecule has 0 N–H and O–H groups in total. The number of imide groups is 1. The third-order valence-electron chi connectivity index (χ3n) is 5.94. The van der Waals surface area contributed by atoms with Gasteiger partial charge in [0.2, 0.25) is 17.7 Å². The van der Waals surface area contributed by atoms with Crippen molar-refractivity contribution in [3.63, 3.8) is 0 Å². The monoisotopic (exact) mass is 391 g/mol. The summed E-state index contributed by atoms with van der Waals surface area (Å²) in [5, 5.41) is 0. The van der Waals surface area contributed by atoms with Crippen molar-refractivity contribution in [2.45, 2.75) is 25.8 Å². The minimum absolute atomic E-state index is 0.135. The van der Waals surface area contributed by atoms with Crippen molar-refractivity contribution in [2.24, 2.45) is 11.8 Å². The summed E-state index contributed by atoms with van der Waals surface area (Å²) in [6.07, 6.45) is 2.03. The predicted molar refractivity (Wildman–Crippen MR) is 95.8 cm³/mol. The Balaban J connectivity index is 1.32. The zero-order valence-electron chi connectivity index (χ0n) is 15.6. The van der Waals surface area contributed by atoms with E-state index in [9.17, 15) is 23.2 Å². The summed E-state index contributed by atoms with van der Waals surface area (Å²) in [6, 6.07) is 3.31. The maximum absolute atomic E-state index is 13.9. The van der Waals surface area contributed by atoms with Gasteiger partial charge in [-0.15, -0.1) is 0 Å². The van der Waals surface area contributed by atoms with E-state index in [0.29, 0.717) is 39.0 Å². The molecule has 0 unspecified atom stereocenters. The summed E-state index contributed by atoms with van der Waals surface area (Å²) >= 11 is 0. The maximum atomic E-state index is 13.9. The number of hydrogen-bond donors (Lipinski definition) is 0. The van der Waals surface area contributed by atoms with Crippen LogP contribution in [-0.2, 0) is 20.9 Å². The van der Waals surface area contributed by atoms with Gasteiger partial charge in [-0.1, -0.05) is 0 Å². The van der Waals surface area contributed by atoms with Gasteiger partial charge in [0, 0.05) is 51.3 Å². The largest absolute Gasteiger partial charge is 0.343 e. The summed E-state index contributed by atoms with van der Waals surface area (Å²) < 4.78 is 27.2. The highest BCUT2D eigenvalue weighted by Crippen LogP contribution is 2.34. The van der Waals surface area contributed by atoms with Crippen LogP contribution in [0.2, 0.25) is 0 Å². The van der Waals surface area contributed by atoms with E-state index in [1.54, 1.807) is 4.90 Å². The molecule has 1 aromatic carbocycles. The first-order chi connectivity index (χ1) is 13.4. The van der Waals surface area contributed by atoms with Crippen molar-refractivity contribution in [3.05, 3.63) is 35.4 Å². The van der Waals surface area contributed by atoms with E-state index in [1.165, 1.54) is 4.90 Å². The minimum atomic E-state index is -0.509. The Morgan fingerprint density at radius 3 is 2.36 bits per heavy atom. The Kier molecular flexibility index (Phi) is 5.14. The molecule has 3 fully saturated rings. The third kappa shape index (κ3) is 3.53. The zero-order chi connectivity index (χ0) is 19.8. The van der Waals surface area contributed by atoms with Crippen LogP contribution in [0.5, 0.6) is 0 Å². The molecule has 3 saturated heterocycles. The van der Waals surface area contributed by atoms with Gasteiger partial charge in [-0.05, 0) is 31.0 Å². The van der Waals surface area contributed by atoms with E-state index >= 15 is 0 Å². The lowest BCUT2D eigenvalue weighted by atomic mass is 10.00. The molecule has 3 amide bonds. The topological polar surface area (TPSA) is 60.9 Å². The first kappa shape index (κ1) is 19.0. The van der Waals surface area contributed by atoms with Gasteiger partial charge in [-0.25, -0.2) is 8.78 Å². The number of fused-ring (bicyclic) bond motifs is 1. The van der Waals surface area contributed by atoms with Crippen LogP contribution in [0.25, 0.3) is 0 Å². The van der Waals surface area contributed by atoms with Gasteiger partial charge in [-0.2, -0.15) is 0 Å². The van der Waals surface area contributed by atoms with Gasteiger partial charge in [0.05, 0.1) is 11.8 Å². The molecule has 8 heteroatoms. The molecule has 3 aliphatic rings. The van der Waals surface area contributed by atoms with E-state index in [1.807, 2.05) is 4.90 Å². The van der Waals surface area contributed by atoms with Gasteiger partial charge in [0.15, 0.2) is 0 Å². The molecular weight excluding hydrogens is 368 g/mol. The Morgan fingerprint density at radius 2 is 1.71 bits per heavy atom. The molecule has 3 aliphatic heterocycles. The fraction of sp³-hybridized carbons (Fsp3) is 0.550. The predicted octanol–water partition coefficient (Wildman–Crippen LogP) is 1.39. The molecule has 0 aromatic heterocycles. The van der Waals surface area contributed by atoms with Crippen LogP contribution in [0.1, 0.15) is 24.8 Å². The lowest BCUT2D eigenvalue weighted by molar-refractivity contribution is -0.140. The molecular formula is C20H23F2N3O3. The van der Waals surface area contributed by atoms with E-state index in [0.717, 1.165) is 31.2 Å². The normalized spacial score (nSPS) is 25.3. The standard InChI is InChI=1S/C20H23F2N3O3/c21-14-4-5-17(22)13(9-14)10-23-11-15-16(12-23)20(28)25(19(15)27)8-2-7-24-6-1-3-18(24)26/h4-5,9,15-16H,1-3,6-8,10-12H2/t15-,16+. The second kappa shape index (κ2) is 7.58. The number of rotatable bonds is 6. The van der Waals surface area contributed by atoms with E-state index in [2.05, 4.69) is 0 Å². The highest BCUT2D eigenvalue weighted by atomic mass is 19.1. The van der Waals surface area contributed by atoms with Crippen molar-refractivity contribution in [2.75, 3.05) is 32.7 Å². The fourth-order valence-electron chi connectivity index (χ4n) is 4.51. The van der Waals surface area contributed by atoms with Gasteiger partial charge < -0.3 is 4.90 Å². The van der Waals surface area contributed by atoms with Crippen LogP contribution in [0.4, 0.5) is 8.78 Å². The molecule has 3 heterocycles. The van der Waals surface area contributed by atoms with Gasteiger partial charge in [0.1, 0.15) is 11.6 Å². The number of carbonyl (C=O) groups excluding carboxylic acids is 3. The number of halogens is 2. The fourth-order valence-corrected chi connectivity index (χ4v) is 4.51. The summed E-state index contributed by atoms with van der Waals surface area (Å²) in [4.78, 5) is 41.9. The van der Waals surface area contributed by atoms with Crippen LogP contribution in [0.3, 0.4) is 0 Å². The molecule has 0 saturated carbocycles. The van der Waals surface area contributed by atoms with Crippen molar-refractivity contribution >= 4 is 17.7 Å². The minimum Gasteiger partial charge on any atom is -0.343 e. The molecule has 0 aliphatic carbocycles. The molecule has 1 aromatic rings. The average Bonchev–Trinajstić information content (AvgIpc) is 3.32. The maximum Gasteiger partial charge on any atom is 0.234 e. The van der Waals surface area contributed by atoms with Crippen LogP contribution in [-0.4, -0.2) is 65.1 Å². The molecule has 2 atom stereocenters. The number of likely N-dealkylation sites (tertiary alicyclic amines) is 3. The Hall–Kier alpha value is -2.35. The number of carbonyl (C=O) groups is 3. The summed E-state index contributed by atoms with van der Waals surface area (Å²) in [6.45, 7) is 2.55. The molecule has 0 bridgehead atoms. The molecule has 28 heavy (non-hydrogen) atoms. The molecule has 0 radical (unpaired) electrons. The van der Waals surface area contributed by atoms with Crippen LogP contribution < -0.4 is 0 Å². The molecule has 150 valence electrons. The number of benzene rings is 1. The van der Waals surface area contributed by atoms with E-state index in [-0.39, 0.29) is 29.8 Å². The van der Waals surface area contributed by atoms with E-state index < -0.39 is 23.5 Å². The highest BCUT2D eigenvalue weighted by Gasteiger charge is 2.51. The van der Waals surface area contributed by atoms with Crippen LogP contribution >= 0.6 is 0 Å². The van der Waals surface area contributed by atoms with E-state index in [4.69, 9.17) is 0 Å². The summed E-state index contributed by atoms with van der Waals surface area (Å²) in [5.41, 5.74) is 0.229. The zero-order valence-corrected chi connectivity index (χ0v) is 15.6. The number of hydrogen-bond acceptors (Lipinski definition) is 4. The first-order valence-corrected chi connectivity index (χ1v) is 9.73. The highest BCUT2D eigenvalue weighted by molar-refractivity contribution is 6.05. The van der Waals surface area contributed by atoms with Gasteiger partial charge in [-0.3, -0.25) is 24.2 Å². The van der Waals surface area contributed by atoms with Crippen molar-refractivity contribution in [3.8, 4) is 0 Å². The first-order valence-electron chi connectivity index (χ1n) is 9.73. The molecule has 0 spiro atoms. The summed E-state index contributed by atoms with van der Waals surface area (Å²) in [5.74, 6) is -2.08. The molecule has 4 rings (SSSR count). The quantitative estimate of drug-likeness (QED) is 0.688. The molecule has 6 nitrogen and oxygen atoms in total. The van der Waals surface area contributed by atoms with Crippen molar-refractivity contribution < 1.29 is 23.2 Å².